The minimum absolute atomic E-state index is 0.151. The highest BCUT2D eigenvalue weighted by Gasteiger charge is 2.22. The fourth-order valence-corrected chi connectivity index (χ4v) is 2.01. The Kier molecular flexibility index (Phi) is 5.48. The molecule has 0 aliphatic rings. The van der Waals surface area contributed by atoms with Gasteiger partial charge in [0.1, 0.15) is 5.75 Å². The van der Waals surface area contributed by atoms with E-state index in [-0.39, 0.29) is 5.78 Å². The van der Waals surface area contributed by atoms with Gasteiger partial charge in [-0.2, -0.15) is 0 Å². The van der Waals surface area contributed by atoms with Gasteiger partial charge in [0.25, 0.3) is 0 Å². The molecule has 1 aromatic rings. The number of ether oxygens (including phenoxy) is 1. The lowest BCUT2D eigenvalue weighted by Crippen LogP contribution is -2.15. The van der Waals surface area contributed by atoms with E-state index < -0.39 is 5.38 Å². The number of rotatable bonds is 5. The number of hydrogen-bond donors (Lipinski definition) is 0. The Bertz CT molecular complexity index is 454. The van der Waals surface area contributed by atoms with E-state index >= 15 is 0 Å². The van der Waals surface area contributed by atoms with Gasteiger partial charge in [-0.05, 0) is 44.4 Å². The van der Waals surface area contributed by atoms with Gasteiger partial charge in [-0.3, -0.25) is 4.79 Å². The number of carbonyl (C=O) groups is 1. The molecule has 18 heavy (non-hydrogen) atoms. The number of aryl methyl sites for hydroxylation is 1. The highest BCUT2D eigenvalue weighted by atomic mass is 35.5. The normalized spacial score (nSPS) is 12.3. The van der Waals surface area contributed by atoms with Crippen LogP contribution in [0.5, 0.6) is 5.75 Å². The summed E-state index contributed by atoms with van der Waals surface area (Å²) in [7, 11) is 0. The maximum absolute atomic E-state index is 12.1. The molecule has 0 saturated carbocycles. The third-order valence-corrected chi connectivity index (χ3v) is 3.49. The summed E-state index contributed by atoms with van der Waals surface area (Å²) >= 11 is 12.1. The van der Waals surface area contributed by atoms with Crippen LogP contribution in [0, 0.1) is 13.8 Å². The van der Waals surface area contributed by atoms with E-state index in [0.717, 1.165) is 17.5 Å². The van der Waals surface area contributed by atoms with Crippen LogP contribution < -0.4 is 4.74 Å². The molecule has 0 radical (unpaired) electrons. The summed E-state index contributed by atoms with van der Waals surface area (Å²) in [5.41, 5.74) is 2.14. The van der Waals surface area contributed by atoms with Crippen molar-refractivity contribution in [2.45, 2.75) is 39.5 Å². The van der Waals surface area contributed by atoms with E-state index in [4.69, 9.17) is 27.9 Å². The average molecular weight is 289 g/mol. The summed E-state index contributed by atoms with van der Waals surface area (Å²) in [4.78, 5) is 12.1. The maximum Gasteiger partial charge on any atom is 0.184 e. The smallest absolute Gasteiger partial charge is 0.184 e. The number of alkyl halides is 1. The first-order chi connectivity index (χ1) is 8.40. The predicted octanol–water partition coefficient (Wildman–Crippen LogP) is 4.56. The van der Waals surface area contributed by atoms with Crippen molar-refractivity contribution in [3.05, 3.63) is 27.8 Å². The Labute approximate surface area is 118 Å². The van der Waals surface area contributed by atoms with Crippen LogP contribution in [0.15, 0.2) is 6.07 Å². The van der Waals surface area contributed by atoms with E-state index in [1.165, 1.54) is 0 Å². The molecule has 4 heteroatoms. The number of carbonyl (C=O) groups excluding carboxylic acids is 1. The lowest BCUT2D eigenvalue weighted by Gasteiger charge is -2.16. The Morgan fingerprint density at radius 2 is 2.06 bits per heavy atom. The third-order valence-electron chi connectivity index (χ3n) is 2.71. The number of hydrogen-bond acceptors (Lipinski definition) is 2. The average Bonchev–Trinajstić information content (AvgIpc) is 2.32. The highest BCUT2D eigenvalue weighted by Crippen LogP contribution is 2.33. The van der Waals surface area contributed by atoms with Crippen LogP contribution in [0.3, 0.4) is 0 Å². The molecule has 1 unspecified atom stereocenters. The molecule has 1 aromatic carbocycles. The second kappa shape index (κ2) is 6.44. The molecule has 0 bridgehead atoms. The molecule has 1 rings (SSSR count). The van der Waals surface area contributed by atoms with E-state index in [9.17, 15) is 4.79 Å². The summed E-state index contributed by atoms with van der Waals surface area (Å²) in [5, 5.41) is 0.00552. The summed E-state index contributed by atoms with van der Waals surface area (Å²) in [5.74, 6) is 0.427. The van der Waals surface area contributed by atoms with Crippen LogP contribution in [0.1, 0.15) is 41.8 Å². The van der Waals surface area contributed by atoms with Crippen molar-refractivity contribution in [2.24, 2.45) is 0 Å². The van der Waals surface area contributed by atoms with Crippen LogP contribution in [0.2, 0.25) is 5.02 Å². The van der Waals surface area contributed by atoms with E-state index in [1.807, 2.05) is 20.8 Å². The maximum atomic E-state index is 12.1. The monoisotopic (exact) mass is 288 g/mol. The van der Waals surface area contributed by atoms with E-state index in [2.05, 4.69) is 0 Å². The Hall–Kier alpha value is -0.730. The fourth-order valence-electron chi connectivity index (χ4n) is 1.75. The Morgan fingerprint density at radius 3 is 2.56 bits per heavy atom. The summed E-state index contributed by atoms with van der Waals surface area (Å²) in [6.07, 6.45) is 0.880. The molecular weight excluding hydrogens is 271 g/mol. The Balaban J connectivity index is 3.34. The summed E-state index contributed by atoms with van der Waals surface area (Å²) < 4.78 is 5.64. The first kappa shape index (κ1) is 15.3. The zero-order valence-electron chi connectivity index (χ0n) is 11.1. The zero-order chi connectivity index (χ0) is 13.9. The van der Waals surface area contributed by atoms with Gasteiger partial charge in [0, 0.05) is 5.02 Å². The first-order valence-corrected chi connectivity index (χ1v) is 6.82. The minimum atomic E-state index is -0.591. The molecule has 0 aliphatic heterocycles. The first-order valence-electron chi connectivity index (χ1n) is 6.00. The van der Waals surface area contributed by atoms with Crippen LogP contribution in [-0.2, 0) is 0 Å². The molecule has 0 heterocycles. The molecule has 0 aliphatic carbocycles. The number of halogens is 2. The molecule has 0 saturated heterocycles. The number of ketones is 1. The van der Waals surface area contributed by atoms with Crippen molar-refractivity contribution < 1.29 is 9.53 Å². The number of benzene rings is 1. The predicted molar refractivity (Wildman–Crippen MR) is 76.4 cm³/mol. The summed E-state index contributed by atoms with van der Waals surface area (Å²) in [6.45, 7) is 7.95. The second-order valence-corrected chi connectivity index (χ2v) is 5.37. The van der Waals surface area contributed by atoms with E-state index in [0.29, 0.717) is 22.9 Å². The second-order valence-electron chi connectivity index (χ2n) is 4.33. The molecule has 2 nitrogen and oxygen atoms in total. The molecule has 0 N–H and O–H groups in total. The molecule has 0 spiro atoms. The van der Waals surface area contributed by atoms with Crippen LogP contribution >= 0.6 is 23.2 Å². The summed E-state index contributed by atoms with van der Waals surface area (Å²) in [6, 6.07) is 1.80. The van der Waals surface area contributed by atoms with Gasteiger partial charge in [0.2, 0.25) is 0 Å². The van der Waals surface area contributed by atoms with Crippen molar-refractivity contribution in [1.29, 1.82) is 0 Å². The van der Waals surface area contributed by atoms with Gasteiger partial charge in [-0.15, -0.1) is 11.6 Å². The van der Waals surface area contributed by atoms with E-state index in [1.54, 1.807) is 13.0 Å². The van der Waals surface area contributed by atoms with Gasteiger partial charge in [0.05, 0.1) is 17.5 Å². The molecular formula is C14H18Cl2O2. The molecule has 0 amide bonds. The Morgan fingerprint density at radius 1 is 1.44 bits per heavy atom. The van der Waals surface area contributed by atoms with Crippen molar-refractivity contribution in [2.75, 3.05) is 6.61 Å². The molecule has 100 valence electrons. The van der Waals surface area contributed by atoms with Crippen molar-refractivity contribution >= 4 is 29.0 Å². The van der Waals surface area contributed by atoms with Gasteiger partial charge in [0.15, 0.2) is 5.78 Å². The van der Waals surface area contributed by atoms with Crippen molar-refractivity contribution in [3.8, 4) is 5.75 Å². The van der Waals surface area contributed by atoms with Gasteiger partial charge >= 0.3 is 0 Å². The van der Waals surface area contributed by atoms with Gasteiger partial charge in [-0.25, -0.2) is 0 Å². The standard InChI is InChI=1S/C14H18Cl2O2/c1-5-6-18-11-7-8(2)13(16)9(3)12(11)14(17)10(4)15/h7,10H,5-6H2,1-4H3. The SMILES string of the molecule is CCCOc1cc(C)c(Cl)c(C)c1C(=O)C(C)Cl. The largest absolute Gasteiger partial charge is 0.493 e. The highest BCUT2D eigenvalue weighted by molar-refractivity contribution is 6.36. The quantitative estimate of drug-likeness (QED) is 0.587. The number of Topliss-reactive ketones (excluding diaryl/α,β-unsaturated/α-hetero) is 1. The lowest BCUT2D eigenvalue weighted by molar-refractivity contribution is 0.0987. The van der Waals surface area contributed by atoms with Crippen molar-refractivity contribution in [3.63, 3.8) is 0 Å². The fraction of sp³-hybridized carbons (Fsp3) is 0.500. The zero-order valence-corrected chi connectivity index (χ0v) is 12.7. The van der Waals surface area contributed by atoms with Crippen molar-refractivity contribution in [1.82, 2.24) is 0 Å². The molecule has 0 fully saturated rings. The topological polar surface area (TPSA) is 26.3 Å². The third kappa shape index (κ3) is 3.18. The van der Waals surface area contributed by atoms with Gasteiger partial charge < -0.3 is 4.74 Å². The van der Waals surface area contributed by atoms with Crippen LogP contribution in [-0.4, -0.2) is 17.8 Å². The molecule has 1 atom stereocenters. The van der Waals surface area contributed by atoms with Crippen LogP contribution in [0.4, 0.5) is 0 Å². The van der Waals surface area contributed by atoms with Crippen LogP contribution in [0.25, 0.3) is 0 Å². The minimum Gasteiger partial charge on any atom is -0.493 e. The molecule has 0 aromatic heterocycles. The lowest BCUT2D eigenvalue weighted by atomic mass is 9.99. The van der Waals surface area contributed by atoms with Gasteiger partial charge in [-0.1, -0.05) is 18.5 Å².